The van der Waals surface area contributed by atoms with E-state index in [1.807, 2.05) is 18.7 Å². The lowest BCUT2D eigenvalue weighted by molar-refractivity contribution is -0.142. The van der Waals surface area contributed by atoms with Gasteiger partial charge in [-0.1, -0.05) is 6.08 Å². The Balaban J connectivity index is 2.49. The summed E-state index contributed by atoms with van der Waals surface area (Å²) in [4.78, 5) is 13.3. The standard InChI is InChI=1S/C10H17NO2/c1-4-5-10(12)11-6-8(2)13-9(3)7-11/h4,8-9H,1,5-7H2,2-3H3. The maximum absolute atomic E-state index is 11.5. The van der Waals surface area contributed by atoms with Crippen molar-refractivity contribution in [1.29, 1.82) is 0 Å². The van der Waals surface area contributed by atoms with Crippen molar-refractivity contribution >= 4 is 5.91 Å². The van der Waals surface area contributed by atoms with Crippen molar-refractivity contribution in [2.75, 3.05) is 13.1 Å². The largest absolute Gasteiger partial charge is 0.372 e. The lowest BCUT2D eigenvalue weighted by atomic mass is 10.2. The van der Waals surface area contributed by atoms with E-state index in [-0.39, 0.29) is 18.1 Å². The van der Waals surface area contributed by atoms with E-state index < -0.39 is 0 Å². The Morgan fingerprint density at radius 2 is 2.08 bits per heavy atom. The van der Waals surface area contributed by atoms with Gasteiger partial charge in [0, 0.05) is 19.5 Å². The Morgan fingerprint density at radius 1 is 1.54 bits per heavy atom. The highest BCUT2D eigenvalue weighted by Gasteiger charge is 2.24. The number of carbonyl (C=O) groups is 1. The van der Waals surface area contributed by atoms with Crippen molar-refractivity contribution in [1.82, 2.24) is 4.90 Å². The van der Waals surface area contributed by atoms with E-state index in [9.17, 15) is 4.79 Å². The number of nitrogens with zero attached hydrogens (tertiary/aromatic N) is 1. The molecule has 0 aromatic rings. The monoisotopic (exact) mass is 183 g/mol. The second-order valence-corrected chi connectivity index (χ2v) is 3.55. The molecule has 0 saturated carbocycles. The zero-order valence-electron chi connectivity index (χ0n) is 8.32. The van der Waals surface area contributed by atoms with Crippen LogP contribution in [0.5, 0.6) is 0 Å². The van der Waals surface area contributed by atoms with Gasteiger partial charge >= 0.3 is 0 Å². The highest BCUT2D eigenvalue weighted by molar-refractivity contribution is 5.77. The van der Waals surface area contributed by atoms with Crippen LogP contribution in [0.1, 0.15) is 20.3 Å². The quantitative estimate of drug-likeness (QED) is 0.602. The first-order chi connectivity index (χ1) is 6.13. The molecule has 0 spiro atoms. The Morgan fingerprint density at radius 3 is 2.54 bits per heavy atom. The normalized spacial score (nSPS) is 28.6. The summed E-state index contributed by atoms with van der Waals surface area (Å²) in [6.07, 6.45) is 2.38. The van der Waals surface area contributed by atoms with Crippen molar-refractivity contribution in [3.8, 4) is 0 Å². The first kappa shape index (κ1) is 10.3. The highest BCUT2D eigenvalue weighted by atomic mass is 16.5. The van der Waals surface area contributed by atoms with Crippen LogP contribution in [0.25, 0.3) is 0 Å². The molecule has 13 heavy (non-hydrogen) atoms. The first-order valence-electron chi connectivity index (χ1n) is 4.67. The van der Waals surface area contributed by atoms with Crippen LogP contribution in [-0.4, -0.2) is 36.1 Å². The first-order valence-corrected chi connectivity index (χ1v) is 4.67. The molecule has 0 N–H and O–H groups in total. The number of hydrogen-bond acceptors (Lipinski definition) is 2. The van der Waals surface area contributed by atoms with Gasteiger partial charge < -0.3 is 9.64 Å². The van der Waals surface area contributed by atoms with Gasteiger partial charge in [-0.2, -0.15) is 0 Å². The second kappa shape index (κ2) is 4.42. The lowest BCUT2D eigenvalue weighted by Gasteiger charge is -2.35. The molecule has 74 valence electrons. The minimum absolute atomic E-state index is 0.150. The molecule has 0 aliphatic carbocycles. The van der Waals surface area contributed by atoms with Gasteiger partial charge in [-0.25, -0.2) is 0 Å². The zero-order chi connectivity index (χ0) is 9.84. The summed E-state index contributed by atoms with van der Waals surface area (Å²) < 4.78 is 5.52. The van der Waals surface area contributed by atoms with E-state index in [4.69, 9.17) is 4.74 Å². The van der Waals surface area contributed by atoms with Crippen molar-refractivity contribution in [3.05, 3.63) is 12.7 Å². The molecule has 3 nitrogen and oxygen atoms in total. The zero-order valence-corrected chi connectivity index (χ0v) is 8.32. The van der Waals surface area contributed by atoms with Crippen LogP contribution in [0.15, 0.2) is 12.7 Å². The summed E-state index contributed by atoms with van der Waals surface area (Å²) in [5, 5.41) is 0. The van der Waals surface area contributed by atoms with Crippen molar-refractivity contribution in [2.24, 2.45) is 0 Å². The maximum Gasteiger partial charge on any atom is 0.226 e. The molecule has 0 aromatic heterocycles. The molecule has 2 atom stereocenters. The SMILES string of the molecule is C=CCC(=O)N1CC(C)OC(C)C1. The Bertz CT molecular complexity index is 193. The van der Waals surface area contributed by atoms with E-state index in [0.29, 0.717) is 19.5 Å². The Hall–Kier alpha value is -0.830. The summed E-state index contributed by atoms with van der Waals surface area (Å²) >= 11 is 0. The number of hydrogen-bond donors (Lipinski definition) is 0. The molecule has 3 heteroatoms. The van der Waals surface area contributed by atoms with Gasteiger partial charge in [0.2, 0.25) is 5.91 Å². The average Bonchev–Trinajstić information content (AvgIpc) is 2.03. The van der Waals surface area contributed by atoms with Gasteiger partial charge in [-0.3, -0.25) is 4.79 Å². The molecule has 1 heterocycles. The minimum atomic E-state index is 0.150. The Kier molecular flexibility index (Phi) is 3.48. The van der Waals surface area contributed by atoms with Crippen molar-refractivity contribution in [3.63, 3.8) is 0 Å². The van der Waals surface area contributed by atoms with Crippen LogP contribution >= 0.6 is 0 Å². The van der Waals surface area contributed by atoms with Crippen molar-refractivity contribution in [2.45, 2.75) is 32.5 Å². The molecule has 0 radical (unpaired) electrons. The summed E-state index contributed by atoms with van der Waals surface area (Å²) in [6, 6.07) is 0. The van der Waals surface area contributed by atoms with E-state index >= 15 is 0 Å². The summed E-state index contributed by atoms with van der Waals surface area (Å²) in [5.74, 6) is 0.150. The molecular weight excluding hydrogens is 166 g/mol. The molecule has 1 aliphatic heterocycles. The molecule has 1 amide bonds. The summed E-state index contributed by atoms with van der Waals surface area (Å²) in [7, 11) is 0. The minimum Gasteiger partial charge on any atom is -0.372 e. The second-order valence-electron chi connectivity index (χ2n) is 3.55. The van der Waals surface area contributed by atoms with Crippen LogP contribution in [0.3, 0.4) is 0 Å². The third kappa shape index (κ3) is 2.84. The molecule has 1 rings (SSSR count). The molecule has 1 aliphatic rings. The third-order valence-corrected chi connectivity index (χ3v) is 2.09. The molecule has 1 fully saturated rings. The smallest absolute Gasteiger partial charge is 0.226 e. The molecule has 0 aromatic carbocycles. The van der Waals surface area contributed by atoms with E-state index in [0.717, 1.165) is 0 Å². The number of rotatable bonds is 2. The summed E-state index contributed by atoms with van der Waals surface area (Å²) in [5.41, 5.74) is 0. The fourth-order valence-corrected chi connectivity index (χ4v) is 1.63. The van der Waals surface area contributed by atoms with Crippen LogP contribution in [0, 0.1) is 0 Å². The van der Waals surface area contributed by atoms with E-state index in [1.165, 1.54) is 0 Å². The number of amides is 1. The van der Waals surface area contributed by atoms with E-state index in [1.54, 1.807) is 6.08 Å². The predicted octanol–water partition coefficient (Wildman–Crippen LogP) is 1.20. The molecule has 0 bridgehead atoms. The predicted molar refractivity (Wildman–Crippen MR) is 51.4 cm³/mol. The molecule has 1 saturated heterocycles. The number of morpholine rings is 1. The summed E-state index contributed by atoms with van der Waals surface area (Å²) in [6.45, 7) is 8.95. The van der Waals surface area contributed by atoms with Gasteiger partial charge in [0.25, 0.3) is 0 Å². The van der Waals surface area contributed by atoms with E-state index in [2.05, 4.69) is 6.58 Å². The fourth-order valence-electron chi connectivity index (χ4n) is 1.63. The number of ether oxygens (including phenoxy) is 1. The van der Waals surface area contributed by atoms with Crippen LogP contribution in [-0.2, 0) is 9.53 Å². The molecule has 2 unspecified atom stereocenters. The number of carbonyl (C=O) groups excluding carboxylic acids is 1. The van der Waals surface area contributed by atoms with Crippen LogP contribution < -0.4 is 0 Å². The van der Waals surface area contributed by atoms with Gasteiger partial charge in [-0.15, -0.1) is 6.58 Å². The topological polar surface area (TPSA) is 29.5 Å². The third-order valence-electron chi connectivity index (χ3n) is 2.09. The molecular formula is C10H17NO2. The van der Waals surface area contributed by atoms with Gasteiger partial charge in [0.05, 0.1) is 12.2 Å². The van der Waals surface area contributed by atoms with Gasteiger partial charge in [0.1, 0.15) is 0 Å². The van der Waals surface area contributed by atoms with Gasteiger partial charge in [0.15, 0.2) is 0 Å². The fraction of sp³-hybridized carbons (Fsp3) is 0.700. The highest BCUT2D eigenvalue weighted by Crippen LogP contribution is 2.11. The van der Waals surface area contributed by atoms with Gasteiger partial charge in [-0.05, 0) is 13.8 Å². The van der Waals surface area contributed by atoms with Crippen LogP contribution in [0.2, 0.25) is 0 Å². The average molecular weight is 183 g/mol. The maximum atomic E-state index is 11.5. The lowest BCUT2D eigenvalue weighted by Crippen LogP contribution is -2.48. The van der Waals surface area contributed by atoms with Crippen molar-refractivity contribution < 1.29 is 9.53 Å². The van der Waals surface area contributed by atoms with Crippen LogP contribution in [0.4, 0.5) is 0 Å². The Labute approximate surface area is 79.4 Å².